The molecule has 4 rings (SSSR count). The first kappa shape index (κ1) is 20.0. The highest BCUT2D eigenvalue weighted by atomic mass is 35.5. The Labute approximate surface area is 179 Å². The van der Waals surface area contributed by atoms with E-state index in [0.29, 0.717) is 24.2 Å². The minimum Gasteiger partial charge on any atom is -0.348 e. The maximum absolute atomic E-state index is 12.4. The highest BCUT2D eigenvalue weighted by molar-refractivity contribution is 6.32. The molecule has 3 aromatic rings. The maximum atomic E-state index is 12.4. The van der Waals surface area contributed by atoms with E-state index in [2.05, 4.69) is 26.6 Å². The molecule has 0 aliphatic carbocycles. The third-order valence-electron chi connectivity index (χ3n) is 5.12. The van der Waals surface area contributed by atoms with Gasteiger partial charge in [-0.15, -0.1) is 5.10 Å². The monoisotopic (exact) mass is 421 g/mol. The fraction of sp³-hybridized carbons (Fsp3) is 0.227. The molecule has 1 N–H and O–H groups in total. The van der Waals surface area contributed by atoms with Gasteiger partial charge in [0.2, 0.25) is 5.91 Å². The Morgan fingerprint density at radius 3 is 2.80 bits per heavy atom. The molecule has 0 radical (unpaired) electrons. The highest BCUT2D eigenvalue weighted by Gasteiger charge is 2.21. The van der Waals surface area contributed by atoms with Gasteiger partial charge in [0.05, 0.1) is 11.3 Å². The maximum Gasteiger partial charge on any atom is 0.254 e. The van der Waals surface area contributed by atoms with E-state index in [1.54, 1.807) is 37.3 Å². The Bertz CT molecular complexity index is 1150. The molecule has 0 bridgehead atoms. The normalized spacial score (nSPS) is 13.2. The van der Waals surface area contributed by atoms with Crippen LogP contribution in [0.5, 0.6) is 0 Å². The number of aryl methyl sites for hydroxylation is 2. The predicted octanol–water partition coefficient (Wildman–Crippen LogP) is 3.34. The summed E-state index contributed by atoms with van der Waals surface area (Å²) in [4.78, 5) is 30.4. The van der Waals surface area contributed by atoms with Crippen LogP contribution in [-0.4, -0.2) is 34.0 Å². The zero-order valence-electron chi connectivity index (χ0n) is 16.6. The molecule has 7 nitrogen and oxygen atoms in total. The van der Waals surface area contributed by atoms with Crippen molar-refractivity contribution in [1.29, 1.82) is 0 Å². The van der Waals surface area contributed by atoms with Crippen LogP contribution in [0.3, 0.4) is 0 Å². The summed E-state index contributed by atoms with van der Waals surface area (Å²) in [7, 11) is 1.80. The van der Waals surface area contributed by atoms with Gasteiger partial charge < -0.3 is 10.2 Å². The number of nitrogens with zero attached hydrogens (tertiary/aromatic N) is 4. The second kappa shape index (κ2) is 8.20. The first-order valence-electron chi connectivity index (χ1n) is 9.54. The van der Waals surface area contributed by atoms with Gasteiger partial charge in [-0.1, -0.05) is 17.7 Å². The number of hydrogen-bond acceptors (Lipinski definition) is 5. The summed E-state index contributed by atoms with van der Waals surface area (Å²) in [6.45, 7) is 2.05. The molecule has 0 saturated heterocycles. The van der Waals surface area contributed by atoms with Crippen LogP contribution in [0.1, 0.15) is 33.6 Å². The van der Waals surface area contributed by atoms with E-state index < -0.39 is 0 Å². The van der Waals surface area contributed by atoms with E-state index in [-0.39, 0.29) is 17.0 Å². The van der Waals surface area contributed by atoms with Crippen LogP contribution < -0.4 is 10.2 Å². The van der Waals surface area contributed by atoms with Gasteiger partial charge in [-0.25, -0.2) is 0 Å². The quantitative estimate of drug-likeness (QED) is 0.698. The van der Waals surface area contributed by atoms with Gasteiger partial charge in [0.25, 0.3) is 5.91 Å². The molecular weight excluding hydrogens is 402 g/mol. The molecule has 1 aliphatic heterocycles. The second-order valence-corrected chi connectivity index (χ2v) is 7.61. The lowest BCUT2D eigenvalue weighted by atomic mass is 9.96. The number of carbonyl (C=O) groups excluding carboxylic acids is 2. The van der Waals surface area contributed by atoms with Gasteiger partial charge in [-0.05, 0) is 54.3 Å². The van der Waals surface area contributed by atoms with Crippen molar-refractivity contribution in [2.24, 2.45) is 0 Å². The number of amides is 2. The zero-order chi connectivity index (χ0) is 21.3. The van der Waals surface area contributed by atoms with E-state index in [1.165, 1.54) is 0 Å². The molecule has 152 valence electrons. The van der Waals surface area contributed by atoms with Crippen molar-refractivity contribution in [1.82, 2.24) is 20.5 Å². The third kappa shape index (κ3) is 4.02. The lowest BCUT2D eigenvalue weighted by Crippen LogP contribution is -2.30. The average molecular weight is 422 g/mol. The van der Waals surface area contributed by atoms with Crippen molar-refractivity contribution >= 4 is 29.1 Å². The summed E-state index contributed by atoms with van der Waals surface area (Å²) in [6.07, 6.45) is 4.75. The summed E-state index contributed by atoms with van der Waals surface area (Å²) in [5, 5.41) is 10.5. The number of halogens is 1. The van der Waals surface area contributed by atoms with Crippen LogP contribution >= 0.6 is 11.6 Å². The molecule has 2 aromatic heterocycles. The van der Waals surface area contributed by atoms with Crippen LogP contribution in [-0.2, 0) is 17.8 Å². The molecule has 30 heavy (non-hydrogen) atoms. The Hall–Kier alpha value is -3.32. The summed E-state index contributed by atoms with van der Waals surface area (Å²) >= 11 is 5.98. The average Bonchev–Trinajstić information content (AvgIpc) is 2.76. The Kier molecular flexibility index (Phi) is 5.46. The van der Waals surface area contributed by atoms with E-state index in [1.807, 2.05) is 18.2 Å². The number of nitrogens with one attached hydrogen (secondary N) is 1. The van der Waals surface area contributed by atoms with Crippen molar-refractivity contribution in [2.45, 2.75) is 26.3 Å². The summed E-state index contributed by atoms with van der Waals surface area (Å²) in [5.74, 6) is -0.181. The summed E-state index contributed by atoms with van der Waals surface area (Å²) < 4.78 is 0. The minimum absolute atomic E-state index is 0.0717. The lowest BCUT2D eigenvalue weighted by Gasteiger charge is -2.26. The van der Waals surface area contributed by atoms with E-state index >= 15 is 0 Å². The van der Waals surface area contributed by atoms with Gasteiger partial charge >= 0.3 is 0 Å². The molecule has 1 aliphatic rings. The Morgan fingerprint density at radius 1 is 1.13 bits per heavy atom. The molecular formula is C22H20ClN5O2. The van der Waals surface area contributed by atoms with Gasteiger partial charge in [-0.2, -0.15) is 5.10 Å². The fourth-order valence-corrected chi connectivity index (χ4v) is 3.67. The number of rotatable bonds is 4. The molecule has 0 atom stereocenters. The molecule has 1 aromatic carbocycles. The lowest BCUT2D eigenvalue weighted by molar-refractivity contribution is -0.118. The van der Waals surface area contributed by atoms with Crippen LogP contribution in [0.4, 0.5) is 5.69 Å². The second-order valence-electron chi connectivity index (χ2n) is 7.25. The zero-order valence-corrected chi connectivity index (χ0v) is 17.4. The van der Waals surface area contributed by atoms with Crippen molar-refractivity contribution < 1.29 is 9.59 Å². The first-order chi connectivity index (χ1) is 14.4. The number of pyridine rings is 1. The van der Waals surface area contributed by atoms with E-state index in [4.69, 9.17) is 11.6 Å². The van der Waals surface area contributed by atoms with Gasteiger partial charge in [0.1, 0.15) is 0 Å². The standard InChI is InChI=1S/C22H20ClN5O2/c1-13-7-18(21(23)27-26-13)22(30)25-11-14-8-17(12-24-10-14)15-3-5-19-16(9-15)4-6-20(29)28(19)2/h3,5,7-10,12H,4,6,11H2,1-2H3,(H,25,30). The number of benzene rings is 1. The number of carbonyl (C=O) groups is 2. The van der Waals surface area contributed by atoms with Crippen molar-refractivity contribution in [2.75, 3.05) is 11.9 Å². The largest absolute Gasteiger partial charge is 0.348 e. The molecule has 0 saturated carbocycles. The topological polar surface area (TPSA) is 88.1 Å². The summed E-state index contributed by atoms with van der Waals surface area (Å²) in [6, 6.07) is 9.65. The van der Waals surface area contributed by atoms with Gasteiger partial charge in [0, 0.05) is 43.7 Å². The predicted molar refractivity (Wildman–Crippen MR) is 114 cm³/mol. The smallest absolute Gasteiger partial charge is 0.254 e. The molecule has 0 unspecified atom stereocenters. The number of aromatic nitrogens is 3. The number of fused-ring (bicyclic) bond motifs is 1. The van der Waals surface area contributed by atoms with Gasteiger partial charge in [0.15, 0.2) is 5.15 Å². The number of anilines is 1. The Morgan fingerprint density at radius 2 is 1.97 bits per heavy atom. The summed E-state index contributed by atoms with van der Waals surface area (Å²) in [5.41, 5.74) is 5.83. The molecule has 3 heterocycles. The highest BCUT2D eigenvalue weighted by Crippen LogP contribution is 2.31. The van der Waals surface area contributed by atoms with E-state index in [0.717, 1.165) is 34.4 Å². The first-order valence-corrected chi connectivity index (χ1v) is 9.92. The van der Waals surface area contributed by atoms with Gasteiger partial charge in [-0.3, -0.25) is 14.6 Å². The molecule has 2 amide bonds. The van der Waals surface area contributed by atoms with Crippen molar-refractivity contribution in [3.05, 3.63) is 70.3 Å². The van der Waals surface area contributed by atoms with Crippen molar-refractivity contribution in [3.63, 3.8) is 0 Å². The van der Waals surface area contributed by atoms with Crippen LogP contribution in [0.15, 0.2) is 42.7 Å². The minimum atomic E-state index is -0.315. The number of hydrogen-bond donors (Lipinski definition) is 1. The van der Waals surface area contributed by atoms with Crippen molar-refractivity contribution in [3.8, 4) is 11.1 Å². The van der Waals surface area contributed by atoms with Crippen LogP contribution in [0.2, 0.25) is 5.15 Å². The SMILES string of the molecule is Cc1cc(C(=O)NCc2cncc(-c3ccc4c(c3)CCC(=O)N4C)c2)c(Cl)nn1. The van der Waals surface area contributed by atoms with E-state index in [9.17, 15) is 9.59 Å². The Balaban J connectivity index is 1.51. The molecule has 8 heteroatoms. The van der Waals surface area contributed by atoms with Crippen LogP contribution in [0.25, 0.3) is 11.1 Å². The van der Waals surface area contributed by atoms with Crippen LogP contribution in [0, 0.1) is 6.92 Å². The fourth-order valence-electron chi connectivity index (χ4n) is 3.49. The third-order valence-corrected chi connectivity index (χ3v) is 5.40. The molecule has 0 fully saturated rings. The molecule has 0 spiro atoms.